The van der Waals surface area contributed by atoms with E-state index in [1.54, 1.807) is 11.8 Å². The van der Waals surface area contributed by atoms with E-state index in [2.05, 4.69) is 35.9 Å². The molecule has 1 heterocycles. The van der Waals surface area contributed by atoms with Crippen LogP contribution in [0.15, 0.2) is 0 Å². The summed E-state index contributed by atoms with van der Waals surface area (Å²) in [6.45, 7) is 12.7. The fourth-order valence-electron chi connectivity index (χ4n) is 2.63. The van der Waals surface area contributed by atoms with Gasteiger partial charge >= 0.3 is 0 Å². The van der Waals surface area contributed by atoms with Gasteiger partial charge in [-0.2, -0.15) is 11.8 Å². The summed E-state index contributed by atoms with van der Waals surface area (Å²) < 4.78 is 0. The van der Waals surface area contributed by atoms with Gasteiger partial charge in [-0.1, -0.05) is 20.8 Å². The lowest BCUT2D eigenvalue weighted by Crippen LogP contribution is -2.43. The molecule has 1 atom stereocenters. The summed E-state index contributed by atoms with van der Waals surface area (Å²) in [6.07, 6.45) is 2.15. The molecule has 4 nitrogen and oxygen atoms in total. The van der Waals surface area contributed by atoms with Crippen LogP contribution in [0.2, 0.25) is 0 Å². The van der Waals surface area contributed by atoms with E-state index >= 15 is 0 Å². The first-order valence-electron chi connectivity index (χ1n) is 8.03. The fraction of sp³-hybridized carbons (Fsp3) is 0.933. The maximum Gasteiger partial charge on any atom is 0.232 e. The second-order valence-electron chi connectivity index (χ2n) is 5.31. The number of halogens is 2. The van der Waals surface area contributed by atoms with Crippen LogP contribution >= 0.6 is 36.6 Å². The predicted octanol–water partition coefficient (Wildman–Crippen LogP) is 2.51. The largest absolute Gasteiger partial charge is 0.338 e. The van der Waals surface area contributed by atoms with Crippen molar-refractivity contribution in [3.05, 3.63) is 0 Å². The van der Waals surface area contributed by atoms with Crippen LogP contribution in [0.4, 0.5) is 0 Å². The molecule has 0 aromatic heterocycles. The van der Waals surface area contributed by atoms with Gasteiger partial charge in [0.05, 0.1) is 5.75 Å². The Bertz CT molecular complexity index is 276. The fourth-order valence-corrected chi connectivity index (χ4v) is 3.51. The van der Waals surface area contributed by atoms with Gasteiger partial charge in [0.1, 0.15) is 0 Å². The minimum absolute atomic E-state index is 0. The molecule has 1 unspecified atom stereocenters. The number of rotatable bonds is 10. The van der Waals surface area contributed by atoms with Crippen LogP contribution in [-0.4, -0.2) is 72.5 Å². The van der Waals surface area contributed by atoms with Crippen molar-refractivity contribution in [2.45, 2.75) is 39.7 Å². The highest BCUT2D eigenvalue weighted by Crippen LogP contribution is 2.12. The number of nitrogens with one attached hydrogen (secondary N) is 1. The molecule has 1 aliphatic rings. The van der Waals surface area contributed by atoms with Crippen molar-refractivity contribution in [3.63, 3.8) is 0 Å². The highest BCUT2D eigenvalue weighted by molar-refractivity contribution is 7.99. The molecule has 0 aliphatic carbocycles. The number of thioether (sulfide) groups is 1. The second kappa shape index (κ2) is 14.9. The van der Waals surface area contributed by atoms with Gasteiger partial charge in [-0.15, -0.1) is 24.8 Å². The van der Waals surface area contributed by atoms with Gasteiger partial charge in [0.2, 0.25) is 5.91 Å². The molecule has 0 spiro atoms. The van der Waals surface area contributed by atoms with Crippen LogP contribution < -0.4 is 5.32 Å². The average Bonchev–Trinajstić information content (AvgIpc) is 2.98. The van der Waals surface area contributed by atoms with E-state index in [4.69, 9.17) is 0 Å². The summed E-state index contributed by atoms with van der Waals surface area (Å²) in [5, 5.41) is 3.36. The summed E-state index contributed by atoms with van der Waals surface area (Å²) >= 11 is 1.78. The van der Waals surface area contributed by atoms with Crippen molar-refractivity contribution < 1.29 is 4.79 Å². The molecule has 1 N–H and O–H groups in total. The molecule has 0 aromatic carbocycles. The topological polar surface area (TPSA) is 35.6 Å². The number of carbonyl (C=O) groups excluding carboxylic acids is 1. The molecule has 1 fully saturated rings. The van der Waals surface area contributed by atoms with Crippen molar-refractivity contribution in [1.82, 2.24) is 15.1 Å². The highest BCUT2D eigenvalue weighted by atomic mass is 35.5. The maximum atomic E-state index is 12.4. The van der Waals surface area contributed by atoms with Gasteiger partial charge < -0.3 is 15.1 Å². The molecule has 22 heavy (non-hydrogen) atoms. The standard InChI is InChI=1S/C15H31N3OS.2ClH/c1-4-9-18(14-7-8-16-12-14)15(19)13-20-11-10-17(5-2)6-3;;/h14,16H,4-13H2,1-3H3;2*1H. The zero-order chi connectivity index (χ0) is 14.8. The van der Waals surface area contributed by atoms with Gasteiger partial charge in [0, 0.05) is 31.4 Å². The van der Waals surface area contributed by atoms with E-state index in [1.165, 1.54) is 0 Å². The number of nitrogens with zero attached hydrogens (tertiary/aromatic N) is 2. The molecular formula is C15H33Cl2N3OS. The summed E-state index contributed by atoms with van der Waals surface area (Å²) in [4.78, 5) is 16.9. The first kappa shape index (κ1) is 24.6. The molecule has 0 aromatic rings. The normalized spacial score (nSPS) is 17.0. The minimum Gasteiger partial charge on any atom is -0.338 e. The van der Waals surface area contributed by atoms with Gasteiger partial charge in [-0.25, -0.2) is 0 Å². The summed E-state index contributed by atoms with van der Waals surface area (Å²) in [5.74, 6) is 2.01. The quantitative estimate of drug-likeness (QED) is 0.596. The Labute approximate surface area is 153 Å². The van der Waals surface area contributed by atoms with E-state index in [-0.39, 0.29) is 24.8 Å². The minimum atomic E-state index is 0. The number of hydrogen-bond donors (Lipinski definition) is 1. The van der Waals surface area contributed by atoms with Gasteiger partial charge in [-0.3, -0.25) is 4.79 Å². The second-order valence-corrected chi connectivity index (χ2v) is 6.42. The molecule has 1 aliphatic heterocycles. The first-order valence-corrected chi connectivity index (χ1v) is 9.18. The summed E-state index contributed by atoms with van der Waals surface area (Å²) in [5.41, 5.74) is 0. The van der Waals surface area contributed by atoms with Gasteiger partial charge in [0.15, 0.2) is 0 Å². The number of amides is 1. The van der Waals surface area contributed by atoms with Crippen molar-refractivity contribution in [3.8, 4) is 0 Å². The molecule has 7 heteroatoms. The average molecular weight is 374 g/mol. The van der Waals surface area contributed by atoms with Crippen LogP contribution in [0.3, 0.4) is 0 Å². The van der Waals surface area contributed by atoms with E-state index < -0.39 is 0 Å². The zero-order valence-electron chi connectivity index (χ0n) is 14.2. The smallest absolute Gasteiger partial charge is 0.232 e. The van der Waals surface area contributed by atoms with Crippen LogP contribution in [0, 0.1) is 0 Å². The van der Waals surface area contributed by atoms with Crippen molar-refractivity contribution >= 4 is 42.5 Å². The number of carbonyl (C=O) groups is 1. The summed E-state index contributed by atoms with van der Waals surface area (Å²) in [6, 6.07) is 0.422. The van der Waals surface area contributed by atoms with E-state index in [9.17, 15) is 4.79 Å². The first-order chi connectivity index (χ1) is 9.72. The SMILES string of the molecule is CCCN(C(=O)CSCCN(CC)CC)C1CCNC1.Cl.Cl. The molecule has 0 bridgehead atoms. The molecule has 1 saturated heterocycles. The Morgan fingerprint density at radius 2 is 1.86 bits per heavy atom. The maximum absolute atomic E-state index is 12.4. The Morgan fingerprint density at radius 1 is 1.18 bits per heavy atom. The predicted molar refractivity (Wildman–Crippen MR) is 103 cm³/mol. The molecule has 1 amide bonds. The van der Waals surface area contributed by atoms with Gasteiger partial charge in [-0.05, 0) is 32.5 Å². The van der Waals surface area contributed by atoms with Gasteiger partial charge in [0.25, 0.3) is 0 Å². The molecular weight excluding hydrogens is 341 g/mol. The summed E-state index contributed by atoms with van der Waals surface area (Å²) in [7, 11) is 0. The molecule has 0 saturated carbocycles. The third kappa shape index (κ3) is 8.82. The zero-order valence-corrected chi connectivity index (χ0v) is 16.6. The van der Waals surface area contributed by atoms with Crippen molar-refractivity contribution in [2.24, 2.45) is 0 Å². The Hall–Kier alpha value is 0.320. The van der Waals surface area contributed by atoms with E-state index in [1.807, 2.05) is 0 Å². The lowest BCUT2D eigenvalue weighted by atomic mass is 10.2. The number of hydrogen-bond acceptors (Lipinski definition) is 4. The van der Waals surface area contributed by atoms with Crippen LogP contribution in [0.1, 0.15) is 33.6 Å². The lowest BCUT2D eigenvalue weighted by molar-refractivity contribution is -0.130. The van der Waals surface area contributed by atoms with Crippen LogP contribution in [0.5, 0.6) is 0 Å². The van der Waals surface area contributed by atoms with Crippen molar-refractivity contribution in [1.29, 1.82) is 0 Å². The van der Waals surface area contributed by atoms with Crippen LogP contribution in [0.25, 0.3) is 0 Å². The third-order valence-corrected chi connectivity index (χ3v) is 4.85. The van der Waals surface area contributed by atoms with Crippen molar-refractivity contribution in [2.75, 3.05) is 50.8 Å². The molecule has 0 radical (unpaired) electrons. The molecule has 134 valence electrons. The lowest BCUT2D eigenvalue weighted by Gasteiger charge is -2.28. The Kier molecular flexibility index (Phi) is 16.6. The Balaban J connectivity index is 0. The highest BCUT2D eigenvalue weighted by Gasteiger charge is 2.25. The van der Waals surface area contributed by atoms with E-state index in [0.29, 0.717) is 17.7 Å². The monoisotopic (exact) mass is 373 g/mol. The van der Waals surface area contributed by atoms with E-state index in [0.717, 1.165) is 57.9 Å². The Morgan fingerprint density at radius 3 is 2.36 bits per heavy atom. The third-order valence-electron chi connectivity index (χ3n) is 3.93. The van der Waals surface area contributed by atoms with Crippen LogP contribution in [-0.2, 0) is 4.79 Å². The molecule has 1 rings (SSSR count).